The number of halogens is 1. The van der Waals surface area contributed by atoms with Crippen LogP contribution in [0, 0.1) is 6.92 Å². The predicted octanol–water partition coefficient (Wildman–Crippen LogP) is 7.68. The van der Waals surface area contributed by atoms with Crippen LogP contribution >= 0.6 is 15.9 Å². The molecule has 1 saturated heterocycles. The van der Waals surface area contributed by atoms with Gasteiger partial charge in [0, 0.05) is 5.39 Å². The van der Waals surface area contributed by atoms with Crippen LogP contribution in [0.2, 0.25) is 0 Å². The molecule has 0 unspecified atom stereocenters. The van der Waals surface area contributed by atoms with E-state index in [4.69, 9.17) is 9.47 Å². The van der Waals surface area contributed by atoms with Crippen molar-refractivity contribution in [3.8, 4) is 11.5 Å². The number of urea groups is 1. The Bertz CT molecular complexity index is 1690. The average molecular weight is 614 g/mol. The van der Waals surface area contributed by atoms with Crippen molar-refractivity contribution in [2.24, 2.45) is 0 Å². The lowest BCUT2D eigenvalue weighted by molar-refractivity contribution is -0.121. The summed E-state index contributed by atoms with van der Waals surface area (Å²) in [6.07, 6.45) is 2.31. The number of nitrogens with zero attached hydrogens (tertiary/aromatic N) is 2. The first-order chi connectivity index (χ1) is 19.8. The Morgan fingerprint density at radius 2 is 1.56 bits per heavy atom. The fourth-order valence-corrected chi connectivity index (χ4v) is 5.36. The topological polar surface area (TPSA) is 76.2 Å². The number of carbonyl (C=O) groups is 3. The van der Waals surface area contributed by atoms with Crippen LogP contribution in [0.3, 0.4) is 0 Å². The zero-order valence-corrected chi connectivity index (χ0v) is 24.6. The number of aryl methyl sites for hydroxylation is 1. The van der Waals surface area contributed by atoms with E-state index in [-0.39, 0.29) is 5.57 Å². The predicted molar refractivity (Wildman–Crippen MR) is 165 cm³/mol. The molecule has 41 heavy (non-hydrogen) atoms. The first kappa shape index (κ1) is 28.1. The van der Waals surface area contributed by atoms with Gasteiger partial charge in [0.25, 0.3) is 11.8 Å². The first-order valence-electron chi connectivity index (χ1n) is 13.4. The maximum Gasteiger partial charge on any atom is 0.343 e. The van der Waals surface area contributed by atoms with Gasteiger partial charge in [-0.15, -0.1) is 0 Å². The van der Waals surface area contributed by atoms with Crippen LogP contribution in [0.1, 0.15) is 31.4 Å². The molecule has 0 N–H and O–H groups in total. The van der Waals surface area contributed by atoms with E-state index in [1.165, 1.54) is 6.08 Å². The maximum absolute atomic E-state index is 14.1. The average Bonchev–Trinajstić information content (AvgIpc) is 2.95. The quantitative estimate of drug-likeness (QED) is 0.151. The molecule has 1 aliphatic rings. The number of carbonyl (C=O) groups excluding carboxylic acids is 3. The van der Waals surface area contributed by atoms with E-state index >= 15 is 0 Å². The molecule has 1 fully saturated rings. The number of rotatable bonds is 8. The van der Waals surface area contributed by atoms with Crippen LogP contribution < -0.4 is 19.3 Å². The van der Waals surface area contributed by atoms with Gasteiger partial charge >= 0.3 is 6.03 Å². The van der Waals surface area contributed by atoms with Crippen molar-refractivity contribution < 1.29 is 23.9 Å². The van der Waals surface area contributed by atoms with Gasteiger partial charge in [-0.1, -0.05) is 55.5 Å². The van der Waals surface area contributed by atoms with Crippen molar-refractivity contribution in [2.75, 3.05) is 23.0 Å². The molecule has 0 saturated carbocycles. The Balaban J connectivity index is 1.69. The Morgan fingerprint density at radius 3 is 2.32 bits per heavy atom. The summed E-state index contributed by atoms with van der Waals surface area (Å²) in [5.74, 6) is -0.385. The fourth-order valence-electron chi connectivity index (χ4n) is 4.79. The molecule has 4 amide bonds. The molecule has 0 aromatic heterocycles. The number of hydrogen-bond acceptors (Lipinski definition) is 5. The highest BCUT2D eigenvalue weighted by Crippen LogP contribution is 2.39. The summed E-state index contributed by atoms with van der Waals surface area (Å²) in [7, 11) is 0. The van der Waals surface area contributed by atoms with Gasteiger partial charge in [0.05, 0.1) is 29.1 Å². The van der Waals surface area contributed by atoms with Crippen LogP contribution in [0.5, 0.6) is 11.5 Å². The van der Waals surface area contributed by atoms with Gasteiger partial charge in [0.2, 0.25) is 0 Å². The summed E-state index contributed by atoms with van der Waals surface area (Å²) in [5.41, 5.74) is 2.03. The number of amides is 4. The van der Waals surface area contributed by atoms with E-state index < -0.39 is 17.8 Å². The van der Waals surface area contributed by atoms with Crippen LogP contribution in [-0.2, 0) is 9.59 Å². The van der Waals surface area contributed by atoms with Crippen molar-refractivity contribution in [3.63, 3.8) is 0 Å². The zero-order chi connectivity index (χ0) is 29.1. The monoisotopic (exact) mass is 612 g/mol. The SMILES string of the molecule is CCCOc1c(Br)cc(C=C2C(=O)N(c3cccc(C)c3)C(=O)N(c3cccc4ccccc34)C2=O)cc1OCC. The highest BCUT2D eigenvalue weighted by Gasteiger charge is 2.44. The number of imide groups is 2. The standard InChI is InChI=1S/C33H29BrN2O5/c1-4-16-41-30-27(34)19-22(20-29(30)40-5-2)18-26-31(37)35(24-13-8-10-21(3)17-24)33(39)36(32(26)38)28-15-9-12-23-11-6-7-14-25(23)28/h6-15,17-20H,4-5,16H2,1-3H3. The van der Waals surface area contributed by atoms with Crippen LogP contribution in [0.15, 0.2) is 88.9 Å². The summed E-state index contributed by atoms with van der Waals surface area (Å²) >= 11 is 3.56. The fraction of sp³-hybridized carbons (Fsp3) is 0.182. The molecule has 7 nitrogen and oxygen atoms in total. The molecule has 0 bridgehead atoms. The molecular formula is C33H29BrN2O5. The molecule has 0 aliphatic carbocycles. The van der Waals surface area contributed by atoms with Gasteiger partial charge in [0.1, 0.15) is 5.57 Å². The minimum Gasteiger partial charge on any atom is -0.490 e. The second kappa shape index (κ2) is 12.0. The van der Waals surface area contributed by atoms with E-state index in [1.807, 2.05) is 57.2 Å². The Morgan fingerprint density at radius 1 is 0.829 bits per heavy atom. The number of benzene rings is 4. The highest BCUT2D eigenvalue weighted by molar-refractivity contribution is 9.10. The normalized spacial score (nSPS) is 14.7. The van der Waals surface area contributed by atoms with Crippen LogP contribution in [0.25, 0.3) is 16.8 Å². The van der Waals surface area contributed by atoms with Gasteiger partial charge in [-0.05, 0) is 89.1 Å². The first-order valence-corrected chi connectivity index (χ1v) is 14.2. The lowest BCUT2D eigenvalue weighted by atomic mass is 10.0. The Hall–Kier alpha value is -4.43. The summed E-state index contributed by atoms with van der Waals surface area (Å²) in [5, 5.41) is 1.58. The van der Waals surface area contributed by atoms with E-state index in [1.54, 1.807) is 42.5 Å². The number of ether oxygens (including phenoxy) is 2. The van der Waals surface area contributed by atoms with Crippen molar-refractivity contribution >= 4 is 62.0 Å². The number of barbiturate groups is 1. The van der Waals surface area contributed by atoms with Crippen LogP contribution in [0.4, 0.5) is 16.2 Å². The molecule has 1 heterocycles. The third kappa shape index (κ3) is 5.47. The minimum atomic E-state index is -0.737. The largest absolute Gasteiger partial charge is 0.490 e. The minimum absolute atomic E-state index is 0.157. The van der Waals surface area contributed by atoms with Crippen molar-refractivity contribution in [1.29, 1.82) is 0 Å². The number of fused-ring (bicyclic) bond motifs is 1. The molecule has 1 aliphatic heterocycles. The Kier molecular flexibility index (Phi) is 8.21. The van der Waals surface area contributed by atoms with Gasteiger partial charge in [0.15, 0.2) is 11.5 Å². The van der Waals surface area contributed by atoms with E-state index in [9.17, 15) is 14.4 Å². The zero-order valence-electron chi connectivity index (χ0n) is 23.0. The summed E-state index contributed by atoms with van der Waals surface area (Å²) < 4.78 is 12.3. The summed E-state index contributed by atoms with van der Waals surface area (Å²) in [6.45, 7) is 6.66. The maximum atomic E-state index is 14.1. The summed E-state index contributed by atoms with van der Waals surface area (Å²) in [6, 6.07) is 22.7. The van der Waals surface area contributed by atoms with E-state index in [2.05, 4.69) is 15.9 Å². The van der Waals surface area contributed by atoms with E-state index in [0.717, 1.165) is 27.2 Å². The van der Waals surface area contributed by atoms with E-state index in [0.29, 0.717) is 51.5 Å². The third-order valence-corrected chi connectivity index (χ3v) is 7.20. The van der Waals surface area contributed by atoms with Crippen molar-refractivity contribution in [3.05, 3.63) is 100 Å². The molecule has 0 atom stereocenters. The molecule has 208 valence electrons. The number of hydrogen-bond donors (Lipinski definition) is 0. The van der Waals surface area contributed by atoms with Gasteiger partial charge in [-0.25, -0.2) is 14.6 Å². The van der Waals surface area contributed by atoms with Gasteiger partial charge < -0.3 is 9.47 Å². The molecular weight excluding hydrogens is 584 g/mol. The van der Waals surface area contributed by atoms with Gasteiger partial charge in [-0.3, -0.25) is 9.59 Å². The number of anilines is 2. The molecule has 0 spiro atoms. The van der Waals surface area contributed by atoms with Gasteiger partial charge in [-0.2, -0.15) is 0 Å². The lowest BCUT2D eigenvalue weighted by Crippen LogP contribution is -2.57. The summed E-state index contributed by atoms with van der Waals surface area (Å²) in [4.78, 5) is 44.1. The van der Waals surface area contributed by atoms with Crippen molar-refractivity contribution in [2.45, 2.75) is 27.2 Å². The molecule has 4 aromatic carbocycles. The molecule has 0 radical (unpaired) electrons. The smallest absolute Gasteiger partial charge is 0.343 e. The highest BCUT2D eigenvalue weighted by atomic mass is 79.9. The second-order valence-electron chi connectivity index (χ2n) is 9.57. The van der Waals surface area contributed by atoms with Crippen LogP contribution in [-0.4, -0.2) is 31.1 Å². The molecule has 4 aromatic rings. The van der Waals surface area contributed by atoms with Crippen molar-refractivity contribution in [1.82, 2.24) is 0 Å². The Labute approximate surface area is 247 Å². The third-order valence-electron chi connectivity index (χ3n) is 6.61. The second-order valence-corrected chi connectivity index (χ2v) is 10.4. The molecule has 8 heteroatoms. The lowest BCUT2D eigenvalue weighted by Gasteiger charge is -2.34. The molecule has 5 rings (SSSR count).